The fourth-order valence-corrected chi connectivity index (χ4v) is 3.31. The Labute approximate surface area is 125 Å². The zero-order valence-corrected chi connectivity index (χ0v) is 12.3. The topological polar surface area (TPSA) is 12.9 Å². The van der Waals surface area contributed by atoms with Crippen molar-refractivity contribution in [2.24, 2.45) is 0 Å². The monoisotopic (exact) mass is 271 g/mol. The number of aryl methyl sites for hydroxylation is 1. The molecule has 0 radical (unpaired) electrons. The maximum atomic E-state index is 4.46. The first-order valence-corrected chi connectivity index (χ1v) is 7.40. The van der Waals surface area contributed by atoms with Crippen LogP contribution in [0, 0.1) is 6.92 Å². The summed E-state index contributed by atoms with van der Waals surface area (Å²) in [5.74, 6) is 0.457. The molecule has 0 bridgehead atoms. The van der Waals surface area contributed by atoms with Gasteiger partial charge < -0.3 is 0 Å². The van der Waals surface area contributed by atoms with Crippen LogP contribution in [0.2, 0.25) is 0 Å². The van der Waals surface area contributed by atoms with Crippen molar-refractivity contribution in [1.29, 1.82) is 0 Å². The molecule has 0 saturated heterocycles. The summed E-state index contributed by atoms with van der Waals surface area (Å²) in [7, 11) is 0. The van der Waals surface area contributed by atoms with Crippen LogP contribution in [0.25, 0.3) is 22.4 Å². The van der Waals surface area contributed by atoms with Gasteiger partial charge in [0.15, 0.2) is 0 Å². The van der Waals surface area contributed by atoms with E-state index in [0.717, 1.165) is 5.69 Å². The summed E-state index contributed by atoms with van der Waals surface area (Å²) in [6.07, 6.45) is 1.85. The summed E-state index contributed by atoms with van der Waals surface area (Å²) in [5, 5.41) is 0. The third-order valence-electron chi connectivity index (χ3n) is 4.44. The number of benzene rings is 2. The van der Waals surface area contributed by atoms with Crippen LogP contribution in [0.5, 0.6) is 0 Å². The Balaban J connectivity index is 1.88. The lowest BCUT2D eigenvalue weighted by Gasteiger charge is -2.08. The number of hydrogen-bond acceptors (Lipinski definition) is 1. The van der Waals surface area contributed by atoms with Gasteiger partial charge in [0.1, 0.15) is 0 Å². The summed E-state index contributed by atoms with van der Waals surface area (Å²) in [6, 6.07) is 19.6. The molecular formula is C20H17N. The molecule has 0 N–H and O–H groups in total. The molecular weight excluding hydrogens is 254 g/mol. The van der Waals surface area contributed by atoms with E-state index in [9.17, 15) is 0 Å². The SMILES string of the molecule is Cc1ccc2c(c1)C(C)c1cc(-c3ccccn3)ccc1-2. The molecule has 0 aliphatic heterocycles. The summed E-state index contributed by atoms with van der Waals surface area (Å²) in [5.41, 5.74) is 9.19. The molecule has 1 heterocycles. The first-order valence-electron chi connectivity index (χ1n) is 7.40. The molecule has 0 spiro atoms. The molecule has 2 aromatic carbocycles. The van der Waals surface area contributed by atoms with Gasteiger partial charge in [0.25, 0.3) is 0 Å². The van der Waals surface area contributed by atoms with Gasteiger partial charge in [0.05, 0.1) is 5.69 Å². The smallest absolute Gasteiger partial charge is 0.0702 e. The maximum absolute atomic E-state index is 4.46. The van der Waals surface area contributed by atoms with Crippen molar-refractivity contribution in [3.8, 4) is 22.4 Å². The van der Waals surface area contributed by atoms with Crippen molar-refractivity contribution in [3.05, 3.63) is 77.5 Å². The van der Waals surface area contributed by atoms with Gasteiger partial charge in [-0.1, -0.05) is 48.9 Å². The minimum atomic E-state index is 0.457. The molecule has 21 heavy (non-hydrogen) atoms. The van der Waals surface area contributed by atoms with Crippen LogP contribution < -0.4 is 0 Å². The van der Waals surface area contributed by atoms with Gasteiger partial charge in [-0.3, -0.25) is 4.98 Å². The summed E-state index contributed by atoms with van der Waals surface area (Å²) in [4.78, 5) is 4.46. The Bertz CT molecular complexity index is 818. The molecule has 1 atom stereocenters. The Morgan fingerprint density at radius 2 is 1.62 bits per heavy atom. The Hall–Kier alpha value is -2.41. The number of aromatic nitrogens is 1. The highest BCUT2D eigenvalue weighted by Gasteiger charge is 2.25. The van der Waals surface area contributed by atoms with E-state index in [1.54, 1.807) is 0 Å². The first kappa shape index (κ1) is 12.3. The molecule has 3 aromatic rings. The van der Waals surface area contributed by atoms with Crippen molar-refractivity contribution >= 4 is 0 Å². The zero-order chi connectivity index (χ0) is 14.4. The van der Waals surface area contributed by atoms with E-state index in [2.05, 4.69) is 61.3 Å². The highest BCUT2D eigenvalue weighted by atomic mass is 14.7. The third kappa shape index (κ3) is 1.89. The second-order valence-electron chi connectivity index (χ2n) is 5.83. The first-order chi connectivity index (χ1) is 10.2. The Morgan fingerprint density at radius 1 is 0.857 bits per heavy atom. The molecule has 1 aliphatic carbocycles. The van der Waals surface area contributed by atoms with Gasteiger partial charge in [-0.15, -0.1) is 0 Å². The van der Waals surface area contributed by atoms with E-state index in [4.69, 9.17) is 0 Å². The number of rotatable bonds is 1. The van der Waals surface area contributed by atoms with E-state index in [1.165, 1.54) is 33.4 Å². The van der Waals surface area contributed by atoms with Crippen LogP contribution in [0.4, 0.5) is 0 Å². The summed E-state index contributed by atoms with van der Waals surface area (Å²) >= 11 is 0. The Kier molecular flexibility index (Phi) is 2.68. The van der Waals surface area contributed by atoms with Crippen molar-refractivity contribution in [2.75, 3.05) is 0 Å². The fourth-order valence-electron chi connectivity index (χ4n) is 3.31. The minimum Gasteiger partial charge on any atom is -0.256 e. The van der Waals surface area contributed by atoms with Crippen molar-refractivity contribution < 1.29 is 0 Å². The molecule has 4 rings (SSSR count). The van der Waals surface area contributed by atoms with Crippen LogP contribution in [0.1, 0.15) is 29.5 Å². The lowest BCUT2D eigenvalue weighted by atomic mass is 9.96. The van der Waals surface area contributed by atoms with Crippen LogP contribution in [0.3, 0.4) is 0 Å². The predicted molar refractivity (Wildman–Crippen MR) is 87.4 cm³/mol. The van der Waals surface area contributed by atoms with Crippen LogP contribution >= 0.6 is 0 Å². The standard InChI is InChI=1S/C20H17N/c1-13-6-8-16-17-9-7-15(20-5-3-4-10-21-20)12-19(17)14(2)18(16)11-13/h3-12,14H,1-2H3. The molecule has 0 amide bonds. The number of pyridine rings is 1. The maximum Gasteiger partial charge on any atom is 0.0702 e. The average molecular weight is 271 g/mol. The summed E-state index contributed by atoms with van der Waals surface area (Å²) in [6.45, 7) is 4.46. The van der Waals surface area contributed by atoms with Crippen molar-refractivity contribution in [2.45, 2.75) is 19.8 Å². The van der Waals surface area contributed by atoms with Gasteiger partial charge >= 0.3 is 0 Å². The van der Waals surface area contributed by atoms with Crippen LogP contribution in [-0.2, 0) is 0 Å². The lowest BCUT2D eigenvalue weighted by molar-refractivity contribution is 0.954. The molecule has 1 aliphatic rings. The zero-order valence-electron chi connectivity index (χ0n) is 12.3. The second-order valence-corrected chi connectivity index (χ2v) is 5.83. The molecule has 1 aromatic heterocycles. The molecule has 1 nitrogen and oxygen atoms in total. The molecule has 0 saturated carbocycles. The highest BCUT2D eigenvalue weighted by Crippen LogP contribution is 2.45. The largest absolute Gasteiger partial charge is 0.256 e. The quantitative estimate of drug-likeness (QED) is 0.593. The number of hydrogen-bond donors (Lipinski definition) is 0. The van der Waals surface area contributed by atoms with E-state index in [0.29, 0.717) is 5.92 Å². The van der Waals surface area contributed by atoms with E-state index in [1.807, 2.05) is 18.3 Å². The molecule has 0 fully saturated rings. The van der Waals surface area contributed by atoms with Gasteiger partial charge in [-0.05, 0) is 47.4 Å². The molecule has 1 heteroatoms. The third-order valence-corrected chi connectivity index (χ3v) is 4.44. The van der Waals surface area contributed by atoms with Gasteiger partial charge in [0.2, 0.25) is 0 Å². The van der Waals surface area contributed by atoms with Gasteiger partial charge in [-0.2, -0.15) is 0 Å². The van der Waals surface area contributed by atoms with Crippen LogP contribution in [0.15, 0.2) is 60.8 Å². The minimum absolute atomic E-state index is 0.457. The van der Waals surface area contributed by atoms with Crippen molar-refractivity contribution in [3.63, 3.8) is 0 Å². The normalized spacial score (nSPS) is 15.6. The van der Waals surface area contributed by atoms with E-state index < -0.39 is 0 Å². The second kappa shape index (κ2) is 4.56. The predicted octanol–water partition coefficient (Wildman–Crippen LogP) is 5.19. The highest BCUT2D eigenvalue weighted by molar-refractivity contribution is 5.81. The van der Waals surface area contributed by atoms with Gasteiger partial charge in [-0.25, -0.2) is 0 Å². The molecule has 1 unspecified atom stereocenters. The average Bonchev–Trinajstić information content (AvgIpc) is 2.80. The Morgan fingerprint density at radius 3 is 2.38 bits per heavy atom. The fraction of sp³-hybridized carbons (Fsp3) is 0.150. The lowest BCUT2D eigenvalue weighted by Crippen LogP contribution is -1.91. The number of nitrogens with zero attached hydrogens (tertiary/aromatic N) is 1. The summed E-state index contributed by atoms with van der Waals surface area (Å²) < 4.78 is 0. The number of fused-ring (bicyclic) bond motifs is 3. The molecule has 102 valence electrons. The van der Waals surface area contributed by atoms with E-state index in [-0.39, 0.29) is 0 Å². The van der Waals surface area contributed by atoms with Crippen molar-refractivity contribution in [1.82, 2.24) is 4.98 Å². The van der Waals surface area contributed by atoms with E-state index >= 15 is 0 Å². The van der Waals surface area contributed by atoms with Gasteiger partial charge in [0, 0.05) is 17.7 Å². The van der Waals surface area contributed by atoms with Crippen LogP contribution in [-0.4, -0.2) is 4.98 Å².